The highest BCUT2D eigenvalue weighted by Crippen LogP contribution is 2.29. The van der Waals surface area contributed by atoms with Gasteiger partial charge in [0.2, 0.25) is 0 Å². The zero-order valence-corrected chi connectivity index (χ0v) is 17.7. The van der Waals surface area contributed by atoms with E-state index in [0.717, 1.165) is 31.5 Å². The van der Waals surface area contributed by atoms with E-state index < -0.39 is 10.2 Å². The summed E-state index contributed by atoms with van der Waals surface area (Å²) in [4.78, 5) is 0. The third-order valence-corrected chi connectivity index (χ3v) is 8.08. The Labute approximate surface area is 175 Å². The van der Waals surface area contributed by atoms with Gasteiger partial charge in [0, 0.05) is 44.5 Å². The van der Waals surface area contributed by atoms with Gasteiger partial charge >= 0.3 is 0 Å². The molecule has 0 atom stereocenters. The van der Waals surface area contributed by atoms with Crippen molar-refractivity contribution in [2.24, 2.45) is 0 Å². The molecule has 2 fully saturated rings. The first kappa shape index (κ1) is 19.6. The van der Waals surface area contributed by atoms with E-state index in [1.165, 1.54) is 0 Å². The van der Waals surface area contributed by atoms with Crippen molar-refractivity contribution in [3.8, 4) is 5.82 Å². The molecule has 0 saturated carbocycles. The van der Waals surface area contributed by atoms with Crippen molar-refractivity contribution in [2.45, 2.75) is 44.4 Å². The van der Waals surface area contributed by atoms with Gasteiger partial charge in [-0.25, -0.2) is 4.68 Å². The van der Waals surface area contributed by atoms with Crippen molar-refractivity contribution in [2.75, 3.05) is 26.2 Å². The van der Waals surface area contributed by atoms with Gasteiger partial charge in [-0.15, -0.1) is 15.3 Å². The molecule has 3 aromatic rings. The number of hydrogen-bond donors (Lipinski definition) is 0. The fourth-order valence-electron chi connectivity index (χ4n) is 4.36. The number of hydrogen-bond acceptors (Lipinski definition) is 6. The highest BCUT2D eigenvalue weighted by molar-refractivity contribution is 7.86. The minimum atomic E-state index is -3.38. The van der Waals surface area contributed by atoms with Gasteiger partial charge in [0.15, 0.2) is 17.3 Å². The van der Waals surface area contributed by atoms with E-state index in [4.69, 9.17) is 0 Å². The first-order valence-corrected chi connectivity index (χ1v) is 12.0. The number of rotatable bonds is 4. The lowest BCUT2D eigenvalue weighted by molar-refractivity contribution is 0.282. The molecular formula is C19H26N8O2S. The van der Waals surface area contributed by atoms with E-state index in [1.54, 1.807) is 24.0 Å². The molecule has 0 amide bonds. The van der Waals surface area contributed by atoms with Crippen LogP contribution < -0.4 is 0 Å². The molecule has 2 aliphatic heterocycles. The lowest BCUT2D eigenvalue weighted by Crippen LogP contribution is -2.47. The molecule has 5 rings (SSSR count). The van der Waals surface area contributed by atoms with Crippen molar-refractivity contribution < 1.29 is 8.42 Å². The van der Waals surface area contributed by atoms with Crippen LogP contribution >= 0.6 is 0 Å². The molecule has 11 heteroatoms. The summed E-state index contributed by atoms with van der Waals surface area (Å²) in [5, 5.41) is 17.5. The summed E-state index contributed by atoms with van der Waals surface area (Å²) in [6.45, 7) is 2.27. The van der Waals surface area contributed by atoms with Gasteiger partial charge < -0.3 is 0 Å². The van der Waals surface area contributed by atoms with Crippen LogP contribution in [-0.2, 0) is 10.2 Å². The van der Waals surface area contributed by atoms with Crippen LogP contribution in [0.4, 0.5) is 0 Å². The Morgan fingerprint density at radius 2 is 1.63 bits per heavy atom. The Morgan fingerprint density at radius 1 is 0.900 bits per heavy atom. The molecule has 2 aliphatic rings. The summed E-state index contributed by atoms with van der Waals surface area (Å²) < 4.78 is 32.9. The van der Waals surface area contributed by atoms with E-state index in [-0.39, 0.29) is 5.92 Å². The van der Waals surface area contributed by atoms with Crippen molar-refractivity contribution >= 4 is 15.9 Å². The van der Waals surface area contributed by atoms with Gasteiger partial charge in [0.1, 0.15) is 0 Å². The van der Waals surface area contributed by atoms with Gasteiger partial charge in [-0.3, -0.25) is 0 Å². The third kappa shape index (κ3) is 3.61. The van der Waals surface area contributed by atoms with Crippen molar-refractivity contribution in [3.63, 3.8) is 0 Å². The standard InChI is InChI=1S/C19H26N8O2S/c28-30(29,24-11-3-1-2-4-12-24)25-14-8-16(9-15-25)19-22-21-17-6-7-18(23-27(17)19)26-13-5-10-20-26/h5-7,10,13,16H,1-4,8-9,11-12,14-15H2. The second-order valence-electron chi connectivity index (χ2n) is 7.96. The van der Waals surface area contributed by atoms with Crippen LogP contribution in [-0.4, -0.2) is 72.8 Å². The number of aromatic nitrogens is 6. The topological polar surface area (TPSA) is 102 Å². The minimum Gasteiger partial charge on any atom is -0.221 e. The summed E-state index contributed by atoms with van der Waals surface area (Å²) in [6, 6.07) is 5.58. The third-order valence-electron chi connectivity index (χ3n) is 6.05. The van der Waals surface area contributed by atoms with Crippen LogP contribution in [0, 0.1) is 0 Å². The minimum absolute atomic E-state index is 0.121. The average molecular weight is 431 g/mol. The Kier molecular flexibility index (Phi) is 5.25. The van der Waals surface area contributed by atoms with Gasteiger partial charge in [0.25, 0.3) is 10.2 Å². The van der Waals surface area contributed by atoms with Crippen molar-refractivity contribution in [3.05, 3.63) is 36.4 Å². The Hall–Kier alpha value is -2.37. The Morgan fingerprint density at radius 3 is 2.33 bits per heavy atom. The van der Waals surface area contributed by atoms with Gasteiger partial charge in [-0.1, -0.05) is 12.8 Å². The zero-order valence-electron chi connectivity index (χ0n) is 16.8. The van der Waals surface area contributed by atoms with E-state index in [0.29, 0.717) is 50.5 Å². The molecule has 0 aromatic carbocycles. The molecular weight excluding hydrogens is 404 g/mol. The van der Waals surface area contributed by atoms with Gasteiger partial charge in [-0.2, -0.15) is 26.6 Å². The molecule has 10 nitrogen and oxygen atoms in total. The van der Waals surface area contributed by atoms with E-state index in [1.807, 2.05) is 24.4 Å². The quantitative estimate of drug-likeness (QED) is 0.623. The number of fused-ring (bicyclic) bond motifs is 1. The number of piperidine rings is 1. The Balaban J connectivity index is 1.33. The average Bonchev–Trinajstić information content (AvgIpc) is 3.36. The normalized spacial score (nSPS) is 20.5. The molecule has 0 N–H and O–H groups in total. The largest absolute Gasteiger partial charge is 0.281 e. The molecule has 3 aromatic heterocycles. The summed E-state index contributed by atoms with van der Waals surface area (Å²) >= 11 is 0. The summed E-state index contributed by atoms with van der Waals surface area (Å²) in [5.41, 5.74) is 0.681. The van der Waals surface area contributed by atoms with E-state index >= 15 is 0 Å². The maximum atomic E-state index is 13.1. The maximum Gasteiger partial charge on any atom is 0.281 e. The highest BCUT2D eigenvalue weighted by Gasteiger charge is 2.34. The predicted molar refractivity (Wildman–Crippen MR) is 110 cm³/mol. The van der Waals surface area contributed by atoms with Crippen LogP contribution in [0.2, 0.25) is 0 Å². The summed E-state index contributed by atoms with van der Waals surface area (Å²) in [6.07, 6.45) is 9.09. The van der Waals surface area contributed by atoms with Gasteiger partial charge in [-0.05, 0) is 43.9 Å². The molecule has 160 valence electrons. The lowest BCUT2D eigenvalue weighted by atomic mass is 9.97. The monoisotopic (exact) mass is 430 g/mol. The molecule has 0 aliphatic carbocycles. The molecule has 2 saturated heterocycles. The lowest BCUT2D eigenvalue weighted by Gasteiger charge is -2.34. The van der Waals surface area contributed by atoms with E-state index in [2.05, 4.69) is 20.4 Å². The zero-order chi connectivity index (χ0) is 20.6. The second-order valence-corrected chi connectivity index (χ2v) is 9.89. The smallest absolute Gasteiger partial charge is 0.221 e. The predicted octanol–water partition coefficient (Wildman–Crippen LogP) is 1.61. The van der Waals surface area contributed by atoms with Gasteiger partial charge in [0.05, 0.1) is 0 Å². The SMILES string of the molecule is O=S(=O)(N1CCCCCC1)N1CCC(c2nnc3ccc(-n4cccn4)nn23)CC1. The maximum absolute atomic E-state index is 13.1. The van der Waals surface area contributed by atoms with Crippen LogP contribution in [0.5, 0.6) is 0 Å². The first-order valence-electron chi connectivity index (χ1n) is 10.6. The summed E-state index contributed by atoms with van der Waals surface area (Å²) in [5.74, 6) is 1.59. The Bertz CT molecular complexity index is 1090. The van der Waals surface area contributed by atoms with Crippen LogP contribution in [0.25, 0.3) is 11.5 Å². The first-order chi connectivity index (χ1) is 14.6. The fourth-order valence-corrected chi connectivity index (χ4v) is 6.08. The van der Waals surface area contributed by atoms with Crippen LogP contribution in [0.15, 0.2) is 30.6 Å². The van der Waals surface area contributed by atoms with Crippen LogP contribution in [0.1, 0.15) is 50.3 Å². The van der Waals surface area contributed by atoms with Crippen molar-refractivity contribution in [1.82, 2.24) is 38.2 Å². The fraction of sp³-hybridized carbons (Fsp3) is 0.579. The molecule has 0 unspecified atom stereocenters. The molecule has 0 bridgehead atoms. The molecule has 0 spiro atoms. The van der Waals surface area contributed by atoms with E-state index in [9.17, 15) is 8.42 Å². The molecule has 30 heavy (non-hydrogen) atoms. The summed E-state index contributed by atoms with van der Waals surface area (Å²) in [7, 11) is -3.38. The molecule has 5 heterocycles. The van der Waals surface area contributed by atoms with Crippen LogP contribution in [0.3, 0.4) is 0 Å². The molecule has 0 radical (unpaired) electrons. The van der Waals surface area contributed by atoms with Crippen molar-refractivity contribution in [1.29, 1.82) is 0 Å². The number of nitrogens with zero attached hydrogens (tertiary/aromatic N) is 8. The second kappa shape index (κ2) is 8.05. The highest BCUT2D eigenvalue weighted by atomic mass is 32.2.